The molecule has 5 nitrogen and oxygen atoms in total. The van der Waals surface area contributed by atoms with Crippen molar-refractivity contribution in [2.45, 2.75) is 38.7 Å². The summed E-state index contributed by atoms with van der Waals surface area (Å²) in [5.41, 5.74) is 0.936. The van der Waals surface area contributed by atoms with Gasteiger partial charge in [0.2, 0.25) is 5.89 Å². The summed E-state index contributed by atoms with van der Waals surface area (Å²) in [6.45, 7) is 0.0332. The first kappa shape index (κ1) is 16.1. The molecule has 1 aromatic heterocycles. The molecule has 0 saturated heterocycles. The van der Waals surface area contributed by atoms with E-state index in [1.54, 1.807) is 6.20 Å². The Kier molecular flexibility index (Phi) is 4.38. The molecular weight excluding hydrogens is 318 g/mol. The normalized spacial score (nSPS) is 25.6. The fraction of sp³-hybridized carbons (Fsp3) is 0.450. The fourth-order valence-electron chi connectivity index (χ4n) is 4.04. The second kappa shape index (κ2) is 6.82. The summed E-state index contributed by atoms with van der Waals surface area (Å²) >= 11 is 0. The molecule has 2 aromatic rings. The third-order valence-electron chi connectivity index (χ3n) is 5.33. The minimum atomic E-state index is -0.233. The highest BCUT2D eigenvalue weighted by Gasteiger charge is 2.41. The van der Waals surface area contributed by atoms with Gasteiger partial charge in [-0.3, -0.25) is 9.59 Å². The molecule has 2 aliphatic rings. The zero-order valence-corrected chi connectivity index (χ0v) is 14.0. The van der Waals surface area contributed by atoms with E-state index in [0.717, 1.165) is 24.8 Å². The number of hydrogen-bond donors (Lipinski definition) is 0. The second-order valence-corrected chi connectivity index (χ2v) is 6.99. The van der Waals surface area contributed by atoms with Crippen molar-refractivity contribution in [2.75, 3.05) is 0 Å². The van der Waals surface area contributed by atoms with Gasteiger partial charge in [0, 0.05) is 17.4 Å². The first-order chi connectivity index (χ1) is 12.2. The van der Waals surface area contributed by atoms with Crippen molar-refractivity contribution in [3.63, 3.8) is 0 Å². The Morgan fingerprint density at radius 3 is 2.60 bits per heavy atom. The van der Waals surface area contributed by atoms with Crippen molar-refractivity contribution in [3.05, 3.63) is 42.4 Å². The summed E-state index contributed by atoms with van der Waals surface area (Å²) in [6.07, 6.45) is 5.84. The Morgan fingerprint density at radius 1 is 1.16 bits per heavy atom. The summed E-state index contributed by atoms with van der Waals surface area (Å²) in [6, 6.07) is 9.67. The standard InChI is InChI=1S/C20H21NO4/c22-19-14-7-4-8-15(19)10-16(9-14)20(23)24-12-18-21-11-17(25-18)13-5-2-1-3-6-13/h1-3,5-6,11,14-16H,4,7-10,12H2/t14-,15-/m0/s1. The third kappa shape index (κ3) is 3.36. The van der Waals surface area contributed by atoms with Crippen LogP contribution in [0.3, 0.4) is 0 Å². The fourth-order valence-corrected chi connectivity index (χ4v) is 4.04. The van der Waals surface area contributed by atoms with Gasteiger partial charge in [-0.15, -0.1) is 0 Å². The number of Topliss-reactive ketones (excluding diaryl/α,β-unsaturated/α-hetero) is 1. The van der Waals surface area contributed by atoms with E-state index in [-0.39, 0.29) is 30.3 Å². The van der Waals surface area contributed by atoms with Crippen LogP contribution in [0.15, 0.2) is 40.9 Å². The SMILES string of the molecule is O=C(OCc1ncc(-c2ccccc2)o1)C1C[C@@H]2CCC[C@@H](C1)C2=O. The molecular formula is C20H21NO4. The van der Waals surface area contributed by atoms with Gasteiger partial charge in [-0.25, -0.2) is 4.98 Å². The first-order valence-electron chi connectivity index (χ1n) is 8.91. The molecule has 5 heteroatoms. The molecule has 1 aromatic carbocycles. The van der Waals surface area contributed by atoms with E-state index in [1.165, 1.54) is 0 Å². The largest absolute Gasteiger partial charge is 0.455 e. The first-order valence-corrected chi connectivity index (χ1v) is 8.91. The highest BCUT2D eigenvalue weighted by atomic mass is 16.5. The van der Waals surface area contributed by atoms with Crippen LogP contribution in [0.1, 0.15) is 38.0 Å². The van der Waals surface area contributed by atoms with Crippen LogP contribution in [0, 0.1) is 17.8 Å². The summed E-state index contributed by atoms with van der Waals surface area (Å²) in [5, 5.41) is 0. The van der Waals surface area contributed by atoms with Crippen LogP contribution in [0.2, 0.25) is 0 Å². The average molecular weight is 339 g/mol. The summed E-state index contributed by atoms with van der Waals surface area (Å²) in [4.78, 5) is 28.7. The molecule has 0 N–H and O–H groups in total. The highest BCUT2D eigenvalue weighted by Crippen LogP contribution is 2.40. The van der Waals surface area contributed by atoms with Crippen molar-refractivity contribution >= 4 is 11.8 Å². The van der Waals surface area contributed by atoms with Crippen LogP contribution in [-0.2, 0) is 20.9 Å². The molecule has 0 aliphatic heterocycles. The highest BCUT2D eigenvalue weighted by molar-refractivity contribution is 5.87. The Labute approximate surface area is 146 Å². The lowest BCUT2D eigenvalue weighted by molar-refractivity contribution is -0.155. The molecule has 0 spiro atoms. The number of nitrogens with zero attached hydrogens (tertiary/aromatic N) is 1. The molecule has 25 heavy (non-hydrogen) atoms. The molecule has 2 aliphatic carbocycles. The van der Waals surface area contributed by atoms with E-state index in [2.05, 4.69) is 4.98 Å². The number of carbonyl (C=O) groups excluding carboxylic acids is 2. The molecule has 1 heterocycles. The molecule has 2 fully saturated rings. The van der Waals surface area contributed by atoms with E-state index in [9.17, 15) is 9.59 Å². The molecule has 4 rings (SSSR count). The van der Waals surface area contributed by atoms with Crippen LogP contribution in [0.5, 0.6) is 0 Å². The molecule has 0 amide bonds. The average Bonchev–Trinajstić information content (AvgIpc) is 3.09. The Morgan fingerprint density at radius 2 is 1.88 bits per heavy atom. The van der Waals surface area contributed by atoms with Crippen molar-refractivity contribution in [1.82, 2.24) is 4.98 Å². The minimum Gasteiger partial charge on any atom is -0.455 e. The number of benzene rings is 1. The minimum absolute atomic E-state index is 0.0332. The third-order valence-corrected chi connectivity index (χ3v) is 5.33. The van der Waals surface area contributed by atoms with E-state index < -0.39 is 0 Å². The Balaban J connectivity index is 1.35. The lowest BCUT2D eigenvalue weighted by Gasteiger charge is -2.36. The topological polar surface area (TPSA) is 69.4 Å². The van der Waals surface area contributed by atoms with Crippen molar-refractivity contribution in [3.8, 4) is 11.3 Å². The summed E-state index contributed by atoms with van der Waals surface area (Å²) < 4.78 is 11.1. The van der Waals surface area contributed by atoms with Crippen LogP contribution < -0.4 is 0 Å². The smallest absolute Gasteiger partial charge is 0.309 e. The molecule has 0 unspecified atom stereocenters. The van der Waals surface area contributed by atoms with Gasteiger partial charge in [0.1, 0.15) is 5.78 Å². The number of rotatable bonds is 4. The molecule has 0 radical (unpaired) electrons. The number of esters is 1. The lowest BCUT2D eigenvalue weighted by Crippen LogP contribution is -2.39. The van der Waals surface area contributed by atoms with E-state index in [1.807, 2.05) is 30.3 Å². The molecule has 2 atom stereocenters. The monoisotopic (exact) mass is 339 g/mol. The summed E-state index contributed by atoms with van der Waals surface area (Å²) in [5.74, 6) is 1.10. The van der Waals surface area contributed by atoms with Crippen molar-refractivity contribution in [1.29, 1.82) is 0 Å². The zero-order valence-electron chi connectivity index (χ0n) is 14.0. The number of ether oxygens (including phenoxy) is 1. The van der Waals surface area contributed by atoms with Crippen LogP contribution in [-0.4, -0.2) is 16.7 Å². The quantitative estimate of drug-likeness (QED) is 0.793. The van der Waals surface area contributed by atoms with Gasteiger partial charge >= 0.3 is 5.97 Å². The van der Waals surface area contributed by atoms with Gasteiger partial charge < -0.3 is 9.15 Å². The van der Waals surface area contributed by atoms with Crippen molar-refractivity contribution < 1.29 is 18.7 Å². The molecule has 2 saturated carbocycles. The lowest BCUT2D eigenvalue weighted by atomic mass is 9.67. The maximum Gasteiger partial charge on any atom is 0.309 e. The van der Waals surface area contributed by atoms with Gasteiger partial charge in [0.15, 0.2) is 12.4 Å². The molecule has 2 bridgehead atoms. The number of carbonyl (C=O) groups is 2. The number of fused-ring (bicyclic) bond motifs is 2. The maximum absolute atomic E-state index is 12.4. The van der Waals surface area contributed by atoms with E-state index in [4.69, 9.17) is 9.15 Å². The van der Waals surface area contributed by atoms with Gasteiger partial charge in [-0.2, -0.15) is 0 Å². The van der Waals surface area contributed by atoms with Gasteiger partial charge in [0.25, 0.3) is 0 Å². The number of hydrogen-bond acceptors (Lipinski definition) is 5. The number of oxazole rings is 1. The Bertz CT molecular complexity index is 751. The van der Waals surface area contributed by atoms with Gasteiger partial charge in [-0.1, -0.05) is 36.8 Å². The predicted molar refractivity (Wildman–Crippen MR) is 90.3 cm³/mol. The van der Waals surface area contributed by atoms with Gasteiger partial charge in [0.05, 0.1) is 12.1 Å². The van der Waals surface area contributed by atoms with Crippen molar-refractivity contribution in [2.24, 2.45) is 17.8 Å². The van der Waals surface area contributed by atoms with E-state index >= 15 is 0 Å². The number of aromatic nitrogens is 1. The van der Waals surface area contributed by atoms with Gasteiger partial charge in [-0.05, 0) is 25.7 Å². The zero-order chi connectivity index (χ0) is 17.2. The summed E-state index contributed by atoms with van der Waals surface area (Å²) in [7, 11) is 0. The number of ketones is 1. The second-order valence-electron chi connectivity index (χ2n) is 6.99. The maximum atomic E-state index is 12.4. The van der Waals surface area contributed by atoms with Crippen LogP contribution in [0.25, 0.3) is 11.3 Å². The van der Waals surface area contributed by atoms with Crippen LogP contribution in [0.4, 0.5) is 0 Å². The molecule has 130 valence electrons. The predicted octanol–water partition coefficient (Wildman–Crippen LogP) is 3.78. The van der Waals surface area contributed by atoms with Crippen LogP contribution >= 0.6 is 0 Å². The Hall–Kier alpha value is -2.43. The van der Waals surface area contributed by atoms with E-state index in [0.29, 0.717) is 30.3 Å².